The lowest BCUT2D eigenvalue weighted by molar-refractivity contribution is -0.144. The van der Waals surface area contributed by atoms with Gasteiger partial charge in [-0.1, -0.05) is 6.42 Å². The highest BCUT2D eigenvalue weighted by atomic mass is 32.2. The lowest BCUT2D eigenvalue weighted by Crippen LogP contribution is -2.36. The van der Waals surface area contributed by atoms with Gasteiger partial charge in [0.05, 0.1) is 12.1 Å². The third-order valence-electron chi connectivity index (χ3n) is 3.75. The van der Waals surface area contributed by atoms with E-state index in [1.165, 1.54) is 18.8 Å². The number of ether oxygens (including phenoxy) is 3. The molecule has 3 rings (SSSR count). The summed E-state index contributed by atoms with van der Waals surface area (Å²) >= 11 is 1.88. The molecule has 0 aromatic carbocycles. The summed E-state index contributed by atoms with van der Waals surface area (Å²) in [6, 6.07) is 0.394. The molecule has 0 aliphatic carbocycles. The van der Waals surface area contributed by atoms with Crippen molar-refractivity contribution in [1.82, 2.24) is 10.6 Å². The quantitative estimate of drug-likeness (QED) is 0.438. The van der Waals surface area contributed by atoms with E-state index in [0.717, 1.165) is 25.0 Å². The predicted octanol–water partition coefficient (Wildman–Crippen LogP) is 1.57. The first-order valence-electron chi connectivity index (χ1n) is 7.29. The molecule has 120 valence electrons. The number of carbonyl (C=O) groups excluding carboxylic acids is 2. The minimum Gasteiger partial charge on any atom is -0.462 e. The molecule has 0 unspecified atom stereocenters. The van der Waals surface area contributed by atoms with E-state index in [0.29, 0.717) is 11.7 Å². The fourth-order valence-electron chi connectivity index (χ4n) is 2.72. The van der Waals surface area contributed by atoms with Crippen molar-refractivity contribution in [3.63, 3.8) is 0 Å². The molecule has 0 saturated carbocycles. The smallest absolute Gasteiger partial charge is 0.329 e. The van der Waals surface area contributed by atoms with Crippen LogP contribution in [0, 0.1) is 0 Å². The Morgan fingerprint density at radius 3 is 3.09 bits per heavy atom. The Morgan fingerprint density at radius 2 is 2.27 bits per heavy atom. The lowest BCUT2D eigenvalue weighted by Gasteiger charge is -2.16. The second-order valence-electron chi connectivity index (χ2n) is 5.30. The summed E-state index contributed by atoms with van der Waals surface area (Å²) in [5.74, 6) is 0.675. The molecule has 0 spiro atoms. The summed E-state index contributed by atoms with van der Waals surface area (Å²) in [5, 5.41) is 6.30. The van der Waals surface area contributed by atoms with E-state index in [1.54, 1.807) is 0 Å². The number of hydrogen-bond acceptors (Lipinski definition) is 6. The molecule has 2 N–H and O–H groups in total. The highest BCUT2D eigenvalue weighted by Crippen LogP contribution is 2.33. The average Bonchev–Trinajstić information content (AvgIpc) is 3.04. The molecule has 0 bridgehead atoms. The summed E-state index contributed by atoms with van der Waals surface area (Å²) in [5.41, 5.74) is 0. The van der Waals surface area contributed by atoms with Gasteiger partial charge >= 0.3 is 17.9 Å². The Balaban J connectivity index is 1.31. The van der Waals surface area contributed by atoms with Crippen LogP contribution in [0.4, 0.5) is 4.79 Å². The van der Waals surface area contributed by atoms with E-state index in [1.807, 2.05) is 11.8 Å². The standard InChI is InChI=1S/C14H18N2O5S/c17-11(21-12-7-19-5-6-20-12)4-2-1-3-10-13-9(8-22-10)15-14(18)16-13/h5-7,9-10,13H,1-4,8H2,(H2,15,16,18)/t9-,10-,13-/m0/s1. The fraction of sp³-hybridized carbons (Fsp3) is 0.571. The van der Waals surface area contributed by atoms with Gasteiger partial charge < -0.3 is 24.8 Å². The van der Waals surface area contributed by atoms with Crippen LogP contribution in [0.25, 0.3) is 0 Å². The number of urea groups is 1. The second-order valence-corrected chi connectivity index (χ2v) is 6.58. The molecular formula is C14H18N2O5S. The maximum atomic E-state index is 11.6. The molecule has 3 aliphatic heterocycles. The van der Waals surface area contributed by atoms with Gasteiger partial charge in [-0.05, 0) is 12.8 Å². The molecular weight excluding hydrogens is 308 g/mol. The maximum absolute atomic E-state index is 11.6. The van der Waals surface area contributed by atoms with Gasteiger partial charge in [0.1, 0.15) is 12.5 Å². The van der Waals surface area contributed by atoms with Crippen molar-refractivity contribution in [2.45, 2.75) is 43.0 Å². The van der Waals surface area contributed by atoms with Gasteiger partial charge in [0.25, 0.3) is 0 Å². The third kappa shape index (κ3) is 3.68. The topological polar surface area (TPSA) is 85.9 Å². The summed E-state index contributed by atoms with van der Waals surface area (Å²) in [6.07, 6.45) is 6.87. The van der Waals surface area contributed by atoms with Crippen LogP contribution < -0.4 is 10.6 Å². The van der Waals surface area contributed by atoms with Gasteiger partial charge in [-0.25, -0.2) is 4.79 Å². The van der Waals surface area contributed by atoms with Crippen LogP contribution in [0.2, 0.25) is 0 Å². The van der Waals surface area contributed by atoms with E-state index in [2.05, 4.69) is 10.6 Å². The Hall–Kier alpha value is -1.83. The second kappa shape index (κ2) is 6.95. The van der Waals surface area contributed by atoms with Crippen LogP contribution in [0.1, 0.15) is 25.7 Å². The Kier molecular flexibility index (Phi) is 4.77. The van der Waals surface area contributed by atoms with Gasteiger partial charge in [-0.15, -0.1) is 0 Å². The molecule has 0 aromatic heterocycles. The Labute approximate surface area is 132 Å². The number of carbonyl (C=O) groups is 2. The van der Waals surface area contributed by atoms with Gasteiger partial charge in [0, 0.05) is 17.4 Å². The molecule has 0 radical (unpaired) electrons. The van der Waals surface area contributed by atoms with Gasteiger partial charge in [-0.2, -0.15) is 11.8 Å². The normalized spacial score (nSPS) is 28.8. The van der Waals surface area contributed by atoms with E-state index in [9.17, 15) is 9.59 Å². The van der Waals surface area contributed by atoms with Crippen molar-refractivity contribution in [1.29, 1.82) is 0 Å². The summed E-state index contributed by atoms with van der Waals surface area (Å²) in [4.78, 5) is 22.9. The molecule has 7 nitrogen and oxygen atoms in total. The lowest BCUT2D eigenvalue weighted by atomic mass is 10.0. The zero-order valence-corrected chi connectivity index (χ0v) is 12.8. The average molecular weight is 326 g/mol. The van der Waals surface area contributed by atoms with Gasteiger partial charge in [0.2, 0.25) is 0 Å². The van der Waals surface area contributed by atoms with Crippen molar-refractivity contribution in [3.8, 4) is 0 Å². The first-order chi connectivity index (χ1) is 10.7. The number of hydrogen-bond donors (Lipinski definition) is 2. The Bertz CT molecular complexity index is 507. The molecule has 3 aliphatic rings. The van der Waals surface area contributed by atoms with Crippen LogP contribution in [0.3, 0.4) is 0 Å². The van der Waals surface area contributed by atoms with Crippen molar-refractivity contribution in [2.24, 2.45) is 0 Å². The van der Waals surface area contributed by atoms with Crippen LogP contribution in [0.5, 0.6) is 0 Å². The monoisotopic (exact) mass is 326 g/mol. The molecule has 3 heterocycles. The minimum absolute atomic E-state index is 0.0569. The molecule has 2 fully saturated rings. The van der Waals surface area contributed by atoms with Gasteiger partial charge in [0.15, 0.2) is 6.26 Å². The summed E-state index contributed by atoms with van der Waals surface area (Å²) in [7, 11) is 0. The number of esters is 1. The highest BCUT2D eigenvalue weighted by molar-refractivity contribution is 8.00. The summed E-state index contributed by atoms with van der Waals surface area (Å²) in [6.45, 7) is 0. The first kappa shape index (κ1) is 15.1. The highest BCUT2D eigenvalue weighted by Gasteiger charge is 2.42. The fourth-order valence-corrected chi connectivity index (χ4v) is 4.26. The molecule has 22 heavy (non-hydrogen) atoms. The zero-order chi connectivity index (χ0) is 15.4. The van der Waals surface area contributed by atoms with Crippen LogP contribution in [0.15, 0.2) is 24.7 Å². The number of rotatable bonds is 6. The molecule has 2 amide bonds. The zero-order valence-electron chi connectivity index (χ0n) is 11.9. The summed E-state index contributed by atoms with van der Waals surface area (Å²) < 4.78 is 14.8. The van der Waals surface area contributed by atoms with Crippen LogP contribution in [-0.2, 0) is 19.0 Å². The van der Waals surface area contributed by atoms with Crippen LogP contribution in [-0.4, -0.2) is 35.1 Å². The van der Waals surface area contributed by atoms with Crippen molar-refractivity contribution in [3.05, 3.63) is 24.7 Å². The SMILES string of the molecule is O=C1N[C@H]2[C@H](CS[C@H]2CCCCC(=O)OC2=COC=CO2)N1. The minimum atomic E-state index is -0.335. The molecule has 3 atom stereocenters. The van der Waals surface area contributed by atoms with E-state index in [-0.39, 0.29) is 30.0 Å². The number of amides is 2. The number of thioether (sulfide) groups is 1. The molecule has 2 saturated heterocycles. The predicted molar refractivity (Wildman–Crippen MR) is 79.4 cm³/mol. The van der Waals surface area contributed by atoms with E-state index in [4.69, 9.17) is 14.2 Å². The van der Waals surface area contributed by atoms with Crippen LogP contribution >= 0.6 is 11.8 Å². The molecule has 0 aromatic rings. The number of fused-ring (bicyclic) bond motifs is 1. The first-order valence-corrected chi connectivity index (χ1v) is 8.34. The number of nitrogens with one attached hydrogen (secondary N) is 2. The third-order valence-corrected chi connectivity index (χ3v) is 5.26. The largest absolute Gasteiger partial charge is 0.462 e. The number of unbranched alkanes of at least 4 members (excludes halogenated alkanes) is 1. The van der Waals surface area contributed by atoms with E-state index < -0.39 is 0 Å². The van der Waals surface area contributed by atoms with E-state index >= 15 is 0 Å². The van der Waals surface area contributed by atoms with Crippen molar-refractivity contribution in [2.75, 3.05) is 5.75 Å². The van der Waals surface area contributed by atoms with Crippen molar-refractivity contribution < 1.29 is 23.8 Å². The van der Waals surface area contributed by atoms with Gasteiger partial charge in [-0.3, -0.25) is 4.79 Å². The maximum Gasteiger partial charge on any atom is 0.329 e. The van der Waals surface area contributed by atoms with Crippen molar-refractivity contribution >= 4 is 23.8 Å². The Morgan fingerprint density at radius 1 is 1.36 bits per heavy atom. The molecule has 8 heteroatoms.